The summed E-state index contributed by atoms with van der Waals surface area (Å²) in [5.41, 5.74) is 0.574. The lowest BCUT2D eigenvalue weighted by molar-refractivity contribution is -0.146. The van der Waals surface area contributed by atoms with Crippen LogP contribution in [-0.4, -0.2) is 58.2 Å². The average molecular weight is 551 g/mol. The maximum absolute atomic E-state index is 14.2. The van der Waals surface area contributed by atoms with Crippen molar-refractivity contribution in [3.8, 4) is 0 Å². The van der Waals surface area contributed by atoms with Gasteiger partial charge in [0.2, 0.25) is 0 Å². The van der Waals surface area contributed by atoms with Gasteiger partial charge in [-0.2, -0.15) is 0 Å². The van der Waals surface area contributed by atoms with Gasteiger partial charge in [0.15, 0.2) is 0 Å². The number of carbonyl (C=O) groups excluding carboxylic acids is 4. The summed E-state index contributed by atoms with van der Waals surface area (Å²) >= 11 is 0. The molecule has 0 radical (unpaired) electrons. The molecule has 3 amide bonds. The van der Waals surface area contributed by atoms with Gasteiger partial charge < -0.3 is 14.2 Å². The highest BCUT2D eigenvalue weighted by Crippen LogP contribution is 2.21. The van der Waals surface area contributed by atoms with Gasteiger partial charge in [0.25, 0.3) is 5.91 Å². The van der Waals surface area contributed by atoms with E-state index < -0.39 is 41.7 Å². The van der Waals surface area contributed by atoms with E-state index in [1.165, 1.54) is 24.0 Å². The van der Waals surface area contributed by atoms with Crippen molar-refractivity contribution in [1.29, 1.82) is 0 Å². The van der Waals surface area contributed by atoms with Gasteiger partial charge in [-0.05, 0) is 38.3 Å². The second kappa shape index (κ2) is 15.3. The quantitative estimate of drug-likeness (QED) is 0.191. The fraction of sp³-hybridized carbons (Fsp3) is 0.355. The third kappa shape index (κ3) is 10.1. The highest BCUT2D eigenvalue weighted by atomic mass is 16.6. The fourth-order valence-corrected chi connectivity index (χ4v) is 3.71. The zero-order valence-corrected chi connectivity index (χ0v) is 23.6. The van der Waals surface area contributed by atoms with Crippen LogP contribution < -0.4 is 0 Å². The fourth-order valence-electron chi connectivity index (χ4n) is 3.71. The Kier molecular flexibility index (Phi) is 12.1. The Hall–Kier alpha value is -4.40. The van der Waals surface area contributed by atoms with Gasteiger partial charge in [0.1, 0.15) is 24.9 Å². The third-order valence-corrected chi connectivity index (χ3v) is 5.58. The molecule has 2 rings (SSSR count). The van der Waals surface area contributed by atoms with Crippen molar-refractivity contribution < 1.29 is 33.4 Å². The number of ether oxygens (including phenoxy) is 3. The van der Waals surface area contributed by atoms with Crippen LogP contribution in [0.25, 0.3) is 0 Å². The zero-order chi connectivity index (χ0) is 29.7. The Balaban J connectivity index is 2.50. The Bertz CT molecular complexity index is 1160. The minimum Gasteiger partial charge on any atom is -0.463 e. The van der Waals surface area contributed by atoms with Crippen LogP contribution in [-0.2, 0) is 37.0 Å². The normalized spacial score (nSPS) is 12.3. The van der Waals surface area contributed by atoms with Gasteiger partial charge in [0.05, 0.1) is 6.04 Å². The predicted octanol–water partition coefficient (Wildman–Crippen LogP) is 5.65. The third-order valence-electron chi connectivity index (χ3n) is 5.58. The summed E-state index contributed by atoms with van der Waals surface area (Å²) in [5, 5.41) is 0. The van der Waals surface area contributed by atoms with E-state index in [1.807, 2.05) is 60.7 Å². The van der Waals surface area contributed by atoms with Crippen molar-refractivity contribution in [3.63, 3.8) is 0 Å². The van der Waals surface area contributed by atoms with Crippen LogP contribution >= 0.6 is 0 Å². The second-order valence-electron chi connectivity index (χ2n) is 9.99. The van der Waals surface area contributed by atoms with Crippen LogP contribution in [0.2, 0.25) is 0 Å². The molecule has 0 heterocycles. The van der Waals surface area contributed by atoms with E-state index in [-0.39, 0.29) is 26.2 Å². The molecule has 0 aliphatic rings. The molecular weight excluding hydrogens is 512 g/mol. The number of amides is 3. The number of hydrogen-bond donors (Lipinski definition) is 0. The van der Waals surface area contributed by atoms with E-state index in [1.54, 1.807) is 20.8 Å². The number of benzene rings is 2. The maximum atomic E-state index is 14.2. The first-order chi connectivity index (χ1) is 19.0. The molecule has 2 aromatic carbocycles. The first-order valence-corrected chi connectivity index (χ1v) is 12.9. The van der Waals surface area contributed by atoms with E-state index in [4.69, 9.17) is 14.2 Å². The summed E-state index contributed by atoms with van der Waals surface area (Å²) in [6.07, 6.45) is 1.06. The molecule has 2 aromatic rings. The maximum Gasteiger partial charge on any atom is 0.417 e. The van der Waals surface area contributed by atoms with Gasteiger partial charge in [-0.25, -0.2) is 14.5 Å². The molecule has 0 aliphatic heterocycles. The molecule has 2 atom stereocenters. The average Bonchev–Trinajstić information content (AvgIpc) is 2.91. The summed E-state index contributed by atoms with van der Waals surface area (Å²) in [6.45, 7) is 13.3. The van der Waals surface area contributed by atoms with E-state index in [0.717, 1.165) is 16.0 Å². The molecule has 9 nitrogen and oxygen atoms in total. The van der Waals surface area contributed by atoms with Gasteiger partial charge in [-0.15, -0.1) is 13.2 Å². The van der Waals surface area contributed by atoms with Gasteiger partial charge in [-0.3, -0.25) is 14.5 Å². The number of carbonyl (C=O) groups is 4. The molecule has 9 heteroatoms. The highest BCUT2D eigenvalue weighted by Gasteiger charge is 2.40. The van der Waals surface area contributed by atoms with Crippen molar-refractivity contribution in [2.75, 3.05) is 6.61 Å². The van der Waals surface area contributed by atoms with Crippen molar-refractivity contribution in [2.24, 2.45) is 0 Å². The molecule has 0 fully saturated rings. The molecule has 0 saturated heterocycles. The summed E-state index contributed by atoms with van der Waals surface area (Å²) < 4.78 is 16.2. The van der Waals surface area contributed by atoms with Crippen molar-refractivity contribution >= 4 is 24.1 Å². The molecule has 0 spiro atoms. The van der Waals surface area contributed by atoms with Crippen molar-refractivity contribution in [1.82, 2.24) is 9.80 Å². The van der Waals surface area contributed by atoms with Crippen LogP contribution in [0, 0.1) is 0 Å². The van der Waals surface area contributed by atoms with Gasteiger partial charge >= 0.3 is 18.2 Å². The van der Waals surface area contributed by atoms with Crippen LogP contribution in [0.4, 0.5) is 9.59 Å². The summed E-state index contributed by atoms with van der Waals surface area (Å²) in [7, 11) is 0. The lowest BCUT2D eigenvalue weighted by Crippen LogP contribution is -2.56. The van der Waals surface area contributed by atoms with E-state index in [2.05, 4.69) is 13.2 Å². The number of hydrogen-bond acceptors (Lipinski definition) is 7. The molecule has 0 unspecified atom stereocenters. The largest absolute Gasteiger partial charge is 0.463 e. The molecular formula is C31H38N2O7. The molecule has 0 bridgehead atoms. The van der Waals surface area contributed by atoms with Crippen LogP contribution in [0.5, 0.6) is 0 Å². The minimum absolute atomic E-state index is 0.00281. The van der Waals surface area contributed by atoms with Crippen LogP contribution in [0.3, 0.4) is 0 Å². The monoisotopic (exact) mass is 550 g/mol. The summed E-state index contributed by atoms with van der Waals surface area (Å²) in [5.74, 6) is -1.36. The second-order valence-corrected chi connectivity index (χ2v) is 9.99. The van der Waals surface area contributed by atoms with Gasteiger partial charge in [-0.1, -0.05) is 72.8 Å². The molecule has 0 aliphatic carbocycles. The number of imide groups is 1. The summed E-state index contributed by atoms with van der Waals surface area (Å²) in [6, 6.07) is 16.0. The number of rotatable bonds is 12. The first-order valence-electron chi connectivity index (χ1n) is 12.9. The predicted molar refractivity (Wildman–Crippen MR) is 151 cm³/mol. The molecule has 40 heavy (non-hydrogen) atoms. The lowest BCUT2D eigenvalue weighted by Gasteiger charge is -2.36. The Morgan fingerprint density at radius 3 is 1.95 bits per heavy atom. The van der Waals surface area contributed by atoms with Gasteiger partial charge in [0, 0.05) is 13.5 Å². The lowest BCUT2D eigenvalue weighted by atomic mass is 10.1. The molecule has 0 N–H and O–H groups in total. The summed E-state index contributed by atoms with van der Waals surface area (Å²) in [4.78, 5) is 54.6. The molecule has 0 aromatic heterocycles. The molecule has 214 valence electrons. The van der Waals surface area contributed by atoms with E-state index >= 15 is 0 Å². The van der Waals surface area contributed by atoms with Crippen molar-refractivity contribution in [2.45, 2.75) is 65.0 Å². The first kappa shape index (κ1) is 31.8. The zero-order valence-electron chi connectivity index (χ0n) is 23.6. The van der Waals surface area contributed by atoms with E-state index in [0.29, 0.717) is 0 Å². The topological polar surface area (TPSA) is 102 Å². The van der Waals surface area contributed by atoms with Crippen molar-refractivity contribution in [3.05, 3.63) is 97.1 Å². The Morgan fingerprint density at radius 2 is 1.45 bits per heavy atom. The molecule has 0 saturated carbocycles. The number of nitrogens with zero attached hydrogens (tertiary/aromatic N) is 2. The highest BCUT2D eigenvalue weighted by molar-refractivity contribution is 5.97. The van der Waals surface area contributed by atoms with E-state index in [9.17, 15) is 19.2 Å². The Morgan fingerprint density at radius 1 is 0.875 bits per heavy atom. The number of esters is 1. The minimum atomic E-state index is -1.20. The SMILES string of the molecule is C=CC[C@@H](C(=O)N(C(=O)OC(C)(C)C)[C@H](C=C)COC(C)=O)N(Cc1ccccc1)C(=O)OCc1ccccc1. The Labute approximate surface area is 236 Å². The standard InChI is InChI=1S/C31H38N2O7/c1-7-15-27(28(35)33(30(37)40-31(4,5)6)26(8-2)22-38-23(3)34)32(20-24-16-11-9-12-17-24)29(36)39-21-25-18-13-10-14-19-25/h7-14,16-19,26-27H,1-2,15,20-22H2,3-6H3/t26-,27+/m1/s1. The smallest absolute Gasteiger partial charge is 0.417 e. The van der Waals surface area contributed by atoms with Crippen LogP contribution in [0.15, 0.2) is 86.0 Å². The van der Waals surface area contributed by atoms with Crippen LogP contribution in [0.1, 0.15) is 45.2 Å².